The van der Waals surface area contributed by atoms with Crippen molar-refractivity contribution in [3.63, 3.8) is 0 Å². The Hall–Kier alpha value is -0.130. The predicted molar refractivity (Wildman–Crippen MR) is 74.6 cm³/mol. The van der Waals surface area contributed by atoms with E-state index in [0.717, 1.165) is 16.2 Å². The van der Waals surface area contributed by atoms with Crippen LogP contribution in [-0.2, 0) is 0 Å². The van der Waals surface area contributed by atoms with E-state index in [1.165, 1.54) is 19.3 Å². The fourth-order valence-electron chi connectivity index (χ4n) is 2.57. The molecule has 3 nitrogen and oxygen atoms in total. The molecule has 1 N–H and O–H groups in total. The zero-order valence-corrected chi connectivity index (χ0v) is 12.4. The van der Waals surface area contributed by atoms with Gasteiger partial charge in [0.25, 0.3) is 0 Å². The fraction of sp³-hybridized carbons (Fsp3) is 0.833. The molecule has 5 heteroatoms. The number of nitrogens with one attached hydrogen (secondary N) is 1. The second-order valence-corrected chi connectivity index (χ2v) is 7.39. The molecule has 1 saturated carbocycles. The molecule has 1 fully saturated rings. The Labute approximate surface area is 112 Å². The Morgan fingerprint density at radius 1 is 1.47 bits per heavy atom. The lowest BCUT2D eigenvalue weighted by atomic mass is 9.79. The number of hydrogen-bond acceptors (Lipinski definition) is 5. The van der Waals surface area contributed by atoms with Crippen molar-refractivity contribution in [2.24, 2.45) is 11.8 Å². The Balaban J connectivity index is 1.99. The molecule has 96 valence electrons. The molecule has 2 rings (SSSR count). The van der Waals surface area contributed by atoms with Gasteiger partial charge in [-0.2, -0.15) is 0 Å². The van der Waals surface area contributed by atoms with Gasteiger partial charge in [-0.15, -0.1) is 10.2 Å². The maximum Gasteiger partial charge on any atom is 0.174 e. The first-order chi connectivity index (χ1) is 8.20. The van der Waals surface area contributed by atoms with Crippen molar-refractivity contribution in [1.29, 1.82) is 0 Å². The SMILES string of the molecule is CNC1CCC(C(C)C)CC1Sc1nncs1. The normalized spacial score (nSPS) is 29.8. The average molecular weight is 271 g/mol. The van der Waals surface area contributed by atoms with Gasteiger partial charge in [0.15, 0.2) is 4.34 Å². The van der Waals surface area contributed by atoms with Crippen LogP contribution in [0.1, 0.15) is 33.1 Å². The lowest BCUT2D eigenvalue weighted by Gasteiger charge is -2.36. The van der Waals surface area contributed by atoms with Crippen LogP contribution in [-0.4, -0.2) is 28.5 Å². The minimum atomic E-state index is 0.624. The summed E-state index contributed by atoms with van der Waals surface area (Å²) in [6, 6.07) is 0.624. The third kappa shape index (κ3) is 3.42. The molecular formula is C12H21N3S2. The first kappa shape index (κ1) is 13.3. The smallest absolute Gasteiger partial charge is 0.174 e. The maximum atomic E-state index is 4.15. The highest BCUT2D eigenvalue weighted by molar-refractivity contribution is 8.01. The van der Waals surface area contributed by atoms with Gasteiger partial charge < -0.3 is 5.32 Å². The van der Waals surface area contributed by atoms with E-state index in [-0.39, 0.29) is 0 Å². The molecule has 0 amide bonds. The molecule has 0 aliphatic heterocycles. The summed E-state index contributed by atoms with van der Waals surface area (Å²) in [6.45, 7) is 4.69. The van der Waals surface area contributed by atoms with Crippen LogP contribution in [0.5, 0.6) is 0 Å². The summed E-state index contributed by atoms with van der Waals surface area (Å²) < 4.78 is 1.11. The third-order valence-electron chi connectivity index (χ3n) is 3.74. The van der Waals surface area contributed by atoms with Gasteiger partial charge in [-0.25, -0.2) is 0 Å². The highest BCUT2D eigenvalue weighted by Crippen LogP contribution is 2.39. The number of thioether (sulfide) groups is 1. The zero-order valence-electron chi connectivity index (χ0n) is 10.7. The summed E-state index contributed by atoms with van der Waals surface area (Å²) in [4.78, 5) is 0. The Kier molecular flexibility index (Phi) is 4.82. The van der Waals surface area contributed by atoms with Gasteiger partial charge in [0.05, 0.1) is 0 Å². The molecule has 0 bridgehead atoms. The van der Waals surface area contributed by atoms with E-state index >= 15 is 0 Å². The van der Waals surface area contributed by atoms with Gasteiger partial charge in [-0.05, 0) is 38.1 Å². The van der Waals surface area contributed by atoms with Crippen molar-refractivity contribution in [3.05, 3.63) is 5.51 Å². The van der Waals surface area contributed by atoms with E-state index in [0.29, 0.717) is 11.3 Å². The van der Waals surface area contributed by atoms with Crippen molar-refractivity contribution in [3.8, 4) is 0 Å². The Bertz CT molecular complexity index is 327. The first-order valence-electron chi connectivity index (χ1n) is 6.30. The highest BCUT2D eigenvalue weighted by atomic mass is 32.2. The number of rotatable bonds is 4. The van der Waals surface area contributed by atoms with Crippen LogP contribution in [0.3, 0.4) is 0 Å². The van der Waals surface area contributed by atoms with Gasteiger partial charge in [-0.1, -0.05) is 36.9 Å². The van der Waals surface area contributed by atoms with Gasteiger partial charge in [0.2, 0.25) is 0 Å². The lowest BCUT2D eigenvalue weighted by molar-refractivity contribution is 0.251. The number of nitrogens with zero attached hydrogens (tertiary/aromatic N) is 2. The predicted octanol–water partition coefficient (Wildman–Crippen LogP) is 3.04. The minimum absolute atomic E-state index is 0.624. The van der Waals surface area contributed by atoms with Gasteiger partial charge in [0, 0.05) is 11.3 Å². The Morgan fingerprint density at radius 3 is 2.88 bits per heavy atom. The van der Waals surface area contributed by atoms with E-state index in [1.54, 1.807) is 11.3 Å². The molecule has 0 spiro atoms. The molecule has 0 saturated heterocycles. The summed E-state index contributed by atoms with van der Waals surface area (Å²) in [5.41, 5.74) is 1.82. The third-order valence-corrected chi connectivity index (χ3v) is 5.91. The molecule has 1 heterocycles. The summed E-state index contributed by atoms with van der Waals surface area (Å²) in [6.07, 6.45) is 3.94. The Morgan fingerprint density at radius 2 is 2.29 bits per heavy atom. The van der Waals surface area contributed by atoms with Crippen LogP contribution in [0.2, 0.25) is 0 Å². The van der Waals surface area contributed by atoms with Crippen LogP contribution >= 0.6 is 23.1 Å². The lowest BCUT2D eigenvalue weighted by Crippen LogP contribution is -2.41. The van der Waals surface area contributed by atoms with Crippen LogP contribution < -0.4 is 5.32 Å². The minimum Gasteiger partial charge on any atom is -0.316 e. The van der Waals surface area contributed by atoms with Crippen molar-refractivity contribution < 1.29 is 0 Å². The van der Waals surface area contributed by atoms with E-state index < -0.39 is 0 Å². The first-order valence-corrected chi connectivity index (χ1v) is 8.06. The molecule has 1 aliphatic carbocycles. The maximum absolute atomic E-state index is 4.15. The topological polar surface area (TPSA) is 37.8 Å². The average Bonchev–Trinajstić information content (AvgIpc) is 2.81. The molecule has 1 aromatic heterocycles. The van der Waals surface area contributed by atoms with Crippen LogP contribution in [0.15, 0.2) is 9.85 Å². The molecule has 1 aromatic rings. The van der Waals surface area contributed by atoms with Crippen LogP contribution in [0.25, 0.3) is 0 Å². The van der Waals surface area contributed by atoms with E-state index in [9.17, 15) is 0 Å². The molecular weight excluding hydrogens is 250 g/mol. The van der Waals surface area contributed by atoms with Crippen molar-refractivity contribution >= 4 is 23.1 Å². The standard InChI is InChI=1S/C12H21N3S2/c1-8(2)9-4-5-10(13-3)11(6-9)17-12-15-14-7-16-12/h7-11,13H,4-6H2,1-3H3. The van der Waals surface area contributed by atoms with Gasteiger partial charge in [-0.3, -0.25) is 0 Å². The van der Waals surface area contributed by atoms with Crippen LogP contribution in [0, 0.1) is 11.8 Å². The molecule has 3 unspecified atom stereocenters. The monoisotopic (exact) mass is 271 g/mol. The largest absolute Gasteiger partial charge is 0.316 e. The number of aromatic nitrogens is 2. The van der Waals surface area contributed by atoms with Gasteiger partial charge >= 0.3 is 0 Å². The van der Waals surface area contributed by atoms with Crippen molar-refractivity contribution in [2.45, 2.75) is 48.7 Å². The summed E-state index contributed by atoms with van der Waals surface area (Å²) >= 11 is 3.56. The quantitative estimate of drug-likeness (QED) is 0.913. The fourth-order valence-corrected chi connectivity index (χ4v) is 4.70. The number of hydrogen-bond donors (Lipinski definition) is 1. The summed E-state index contributed by atoms with van der Waals surface area (Å²) in [5, 5.41) is 12.2. The van der Waals surface area contributed by atoms with E-state index in [1.807, 2.05) is 17.3 Å². The second-order valence-electron chi connectivity index (χ2n) is 5.07. The summed E-state index contributed by atoms with van der Waals surface area (Å²) in [5.74, 6) is 1.66. The molecule has 0 aromatic carbocycles. The molecule has 17 heavy (non-hydrogen) atoms. The van der Waals surface area contributed by atoms with E-state index in [2.05, 4.69) is 36.4 Å². The van der Waals surface area contributed by atoms with Crippen molar-refractivity contribution in [2.75, 3.05) is 7.05 Å². The second kappa shape index (κ2) is 6.16. The van der Waals surface area contributed by atoms with Crippen LogP contribution in [0.4, 0.5) is 0 Å². The van der Waals surface area contributed by atoms with Crippen molar-refractivity contribution in [1.82, 2.24) is 15.5 Å². The van der Waals surface area contributed by atoms with E-state index in [4.69, 9.17) is 0 Å². The highest BCUT2D eigenvalue weighted by Gasteiger charge is 2.32. The summed E-state index contributed by atoms with van der Waals surface area (Å²) in [7, 11) is 2.08. The molecule has 1 aliphatic rings. The molecule has 0 radical (unpaired) electrons. The zero-order chi connectivity index (χ0) is 12.3. The molecule has 3 atom stereocenters. The van der Waals surface area contributed by atoms with Gasteiger partial charge in [0.1, 0.15) is 5.51 Å².